The fourth-order valence-electron chi connectivity index (χ4n) is 2.09. The van der Waals surface area contributed by atoms with Crippen molar-refractivity contribution in [3.8, 4) is 0 Å². The number of aryl methyl sites for hydroxylation is 1. The van der Waals surface area contributed by atoms with Crippen LogP contribution in [0, 0.1) is 0 Å². The van der Waals surface area contributed by atoms with Crippen LogP contribution in [0.25, 0.3) is 0 Å². The van der Waals surface area contributed by atoms with Crippen molar-refractivity contribution in [2.75, 3.05) is 0 Å². The van der Waals surface area contributed by atoms with Gasteiger partial charge in [0.15, 0.2) is 0 Å². The number of hydrogen-bond donors (Lipinski definition) is 1. The zero-order valence-electron chi connectivity index (χ0n) is 11.1. The van der Waals surface area contributed by atoms with Gasteiger partial charge in [-0.25, -0.2) is 9.67 Å². The minimum Gasteiger partial charge on any atom is -0.346 e. The Balaban J connectivity index is 2.07. The summed E-state index contributed by atoms with van der Waals surface area (Å²) in [6.45, 7) is 5.81. The molecule has 0 saturated heterocycles. The van der Waals surface area contributed by atoms with Gasteiger partial charge in [-0.1, -0.05) is 13.3 Å². The van der Waals surface area contributed by atoms with Crippen LogP contribution in [0.5, 0.6) is 0 Å². The lowest BCUT2D eigenvalue weighted by molar-refractivity contribution is 0.590. The maximum atomic E-state index is 6.10. The first-order valence-electron chi connectivity index (χ1n) is 6.52. The molecule has 5 nitrogen and oxygen atoms in total. The molecule has 1 atom stereocenters. The molecule has 0 spiro atoms. The molecule has 0 radical (unpaired) electrons. The summed E-state index contributed by atoms with van der Waals surface area (Å²) in [5.41, 5.74) is 7.30. The Morgan fingerprint density at radius 3 is 2.94 bits per heavy atom. The average molecular weight is 247 g/mol. The number of nitrogens with zero attached hydrogens (tertiary/aromatic N) is 4. The minimum atomic E-state index is 0.139. The first-order chi connectivity index (χ1) is 8.74. The SMILES string of the molecule is CCCC(N)c1ccn(Cc2ncnn2CC)c1. The second kappa shape index (κ2) is 5.82. The summed E-state index contributed by atoms with van der Waals surface area (Å²) in [4.78, 5) is 4.27. The predicted molar refractivity (Wildman–Crippen MR) is 71.1 cm³/mol. The van der Waals surface area contributed by atoms with E-state index in [9.17, 15) is 0 Å². The largest absolute Gasteiger partial charge is 0.346 e. The summed E-state index contributed by atoms with van der Waals surface area (Å²) >= 11 is 0. The molecule has 98 valence electrons. The quantitative estimate of drug-likeness (QED) is 0.848. The molecule has 0 bridgehead atoms. The highest BCUT2D eigenvalue weighted by Crippen LogP contribution is 2.16. The van der Waals surface area contributed by atoms with E-state index < -0.39 is 0 Å². The van der Waals surface area contributed by atoms with E-state index in [-0.39, 0.29) is 6.04 Å². The van der Waals surface area contributed by atoms with Gasteiger partial charge in [-0.3, -0.25) is 0 Å². The highest BCUT2D eigenvalue weighted by molar-refractivity contribution is 5.15. The maximum Gasteiger partial charge on any atom is 0.146 e. The topological polar surface area (TPSA) is 61.7 Å². The fraction of sp³-hybridized carbons (Fsp3) is 0.538. The van der Waals surface area contributed by atoms with Crippen molar-refractivity contribution >= 4 is 0 Å². The van der Waals surface area contributed by atoms with Gasteiger partial charge in [0, 0.05) is 25.0 Å². The summed E-state index contributed by atoms with van der Waals surface area (Å²) in [7, 11) is 0. The molecule has 0 aliphatic rings. The maximum absolute atomic E-state index is 6.10. The molecule has 0 aliphatic carbocycles. The molecular weight excluding hydrogens is 226 g/mol. The molecule has 2 heterocycles. The van der Waals surface area contributed by atoms with E-state index in [0.29, 0.717) is 0 Å². The van der Waals surface area contributed by atoms with Gasteiger partial charge in [-0.2, -0.15) is 5.10 Å². The molecule has 0 aromatic carbocycles. The van der Waals surface area contributed by atoms with Crippen molar-refractivity contribution < 1.29 is 0 Å². The van der Waals surface area contributed by atoms with Crippen LogP contribution in [-0.2, 0) is 13.1 Å². The molecule has 2 aromatic rings. The van der Waals surface area contributed by atoms with E-state index in [2.05, 4.69) is 47.0 Å². The highest BCUT2D eigenvalue weighted by Gasteiger charge is 2.08. The van der Waals surface area contributed by atoms with Gasteiger partial charge in [0.25, 0.3) is 0 Å². The van der Waals surface area contributed by atoms with Crippen molar-refractivity contribution in [1.82, 2.24) is 19.3 Å². The Labute approximate surface area is 108 Å². The Morgan fingerprint density at radius 1 is 1.39 bits per heavy atom. The van der Waals surface area contributed by atoms with Crippen LogP contribution in [0.1, 0.15) is 44.1 Å². The molecule has 5 heteroatoms. The fourth-order valence-corrected chi connectivity index (χ4v) is 2.09. The molecule has 18 heavy (non-hydrogen) atoms. The van der Waals surface area contributed by atoms with Gasteiger partial charge < -0.3 is 10.3 Å². The number of rotatable bonds is 6. The molecule has 2 N–H and O–H groups in total. The van der Waals surface area contributed by atoms with E-state index in [1.807, 2.05) is 4.68 Å². The van der Waals surface area contributed by atoms with Gasteiger partial charge in [0.05, 0.1) is 6.54 Å². The van der Waals surface area contributed by atoms with E-state index in [4.69, 9.17) is 5.73 Å². The van der Waals surface area contributed by atoms with Gasteiger partial charge in [0.2, 0.25) is 0 Å². The zero-order chi connectivity index (χ0) is 13.0. The predicted octanol–water partition coefficient (Wildman–Crippen LogP) is 1.95. The Bertz CT molecular complexity index is 485. The third kappa shape index (κ3) is 2.79. The third-order valence-electron chi connectivity index (χ3n) is 3.12. The Morgan fingerprint density at radius 2 is 2.22 bits per heavy atom. The minimum absolute atomic E-state index is 0.139. The normalized spacial score (nSPS) is 12.8. The average Bonchev–Trinajstić information content (AvgIpc) is 2.99. The smallest absolute Gasteiger partial charge is 0.146 e. The van der Waals surface area contributed by atoms with Crippen molar-refractivity contribution in [3.05, 3.63) is 36.2 Å². The van der Waals surface area contributed by atoms with E-state index in [0.717, 1.165) is 31.8 Å². The highest BCUT2D eigenvalue weighted by atomic mass is 15.3. The molecule has 0 aliphatic heterocycles. The monoisotopic (exact) mass is 247 g/mol. The summed E-state index contributed by atoms with van der Waals surface area (Å²) in [6.07, 6.45) is 7.90. The second-order valence-corrected chi connectivity index (χ2v) is 4.50. The summed E-state index contributed by atoms with van der Waals surface area (Å²) in [5, 5.41) is 4.17. The Kier molecular flexibility index (Phi) is 4.15. The van der Waals surface area contributed by atoms with Crippen LogP contribution in [0.2, 0.25) is 0 Å². The van der Waals surface area contributed by atoms with E-state index >= 15 is 0 Å². The first kappa shape index (κ1) is 12.8. The van der Waals surface area contributed by atoms with Crippen LogP contribution < -0.4 is 5.73 Å². The molecule has 0 fully saturated rings. The molecule has 2 rings (SSSR count). The lowest BCUT2D eigenvalue weighted by atomic mass is 10.1. The van der Waals surface area contributed by atoms with Crippen molar-refractivity contribution in [3.63, 3.8) is 0 Å². The molecule has 2 aromatic heterocycles. The van der Waals surface area contributed by atoms with Crippen molar-refractivity contribution in [2.45, 2.75) is 45.8 Å². The van der Waals surface area contributed by atoms with Gasteiger partial charge in [-0.05, 0) is 25.0 Å². The first-order valence-corrected chi connectivity index (χ1v) is 6.52. The van der Waals surface area contributed by atoms with Crippen molar-refractivity contribution in [2.24, 2.45) is 5.73 Å². The third-order valence-corrected chi connectivity index (χ3v) is 3.12. The lowest BCUT2D eigenvalue weighted by Crippen LogP contribution is -2.10. The second-order valence-electron chi connectivity index (χ2n) is 4.50. The van der Waals surface area contributed by atoms with Gasteiger partial charge >= 0.3 is 0 Å². The number of aromatic nitrogens is 4. The van der Waals surface area contributed by atoms with Crippen molar-refractivity contribution in [1.29, 1.82) is 0 Å². The summed E-state index contributed by atoms with van der Waals surface area (Å²) in [6, 6.07) is 2.23. The van der Waals surface area contributed by atoms with Gasteiger partial charge in [-0.15, -0.1) is 0 Å². The summed E-state index contributed by atoms with van der Waals surface area (Å²) in [5.74, 6) is 0.976. The molecule has 1 unspecified atom stereocenters. The zero-order valence-corrected chi connectivity index (χ0v) is 11.1. The van der Waals surface area contributed by atoms with E-state index in [1.165, 1.54) is 5.56 Å². The van der Waals surface area contributed by atoms with Crippen LogP contribution >= 0.6 is 0 Å². The van der Waals surface area contributed by atoms with Crippen LogP contribution in [-0.4, -0.2) is 19.3 Å². The van der Waals surface area contributed by atoms with Gasteiger partial charge in [0.1, 0.15) is 12.2 Å². The lowest BCUT2D eigenvalue weighted by Gasteiger charge is -2.07. The summed E-state index contributed by atoms with van der Waals surface area (Å²) < 4.78 is 4.02. The molecular formula is C13H21N5. The number of nitrogens with two attached hydrogens (primary N) is 1. The standard InChI is InChI=1S/C13H21N5/c1-3-5-12(14)11-6-7-17(8-11)9-13-15-10-16-18(13)4-2/h6-8,10,12H,3-5,9,14H2,1-2H3. The Hall–Kier alpha value is -1.62. The van der Waals surface area contributed by atoms with Crippen LogP contribution in [0.15, 0.2) is 24.8 Å². The molecule has 0 amide bonds. The van der Waals surface area contributed by atoms with E-state index in [1.54, 1.807) is 6.33 Å². The van der Waals surface area contributed by atoms with Crippen LogP contribution in [0.4, 0.5) is 0 Å². The number of hydrogen-bond acceptors (Lipinski definition) is 3. The van der Waals surface area contributed by atoms with Crippen LogP contribution in [0.3, 0.4) is 0 Å². The molecule has 0 saturated carbocycles.